The van der Waals surface area contributed by atoms with Crippen LogP contribution in [0.1, 0.15) is 90.3 Å². The van der Waals surface area contributed by atoms with Gasteiger partial charge in [-0.25, -0.2) is 4.85 Å². The molecule has 0 spiro atoms. The summed E-state index contributed by atoms with van der Waals surface area (Å²) in [6.45, 7) is 21.8. The number of carbonyl (C=O) groups excluding carboxylic acids is 1. The molecule has 2 N–H and O–H groups in total. The number of rotatable bonds is 12. The van der Waals surface area contributed by atoms with E-state index in [4.69, 9.17) is 6.57 Å². The minimum Gasteiger partial charge on any atom is -0.506 e. The number of nitrogens with zero attached hydrogens (tertiary/aromatic N) is 3. The Hall–Kier alpha value is -5.48. The van der Waals surface area contributed by atoms with E-state index in [0.717, 1.165) is 84.7 Å². The molecule has 3 aromatic rings. The fraction of sp³-hybridized carbons (Fsp3) is 0.333. The van der Waals surface area contributed by atoms with Crippen LogP contribution in [0.3, 0.4) is 0 Å². The molecular formula is C45H48N3O4+. The molecule has 0 amide bonds. The van der Waals surface area contributed by atoms with Crippen molar-refractivity contribution in [3.8, 4) is 11.1 Å². The number of carboxylic acid groups (broad SMARTS) is 1. The number of carbonyl (C=O) groups is 2. The highest BCUT2D eigenvalue weighted by molar-refractivity contribution is 6.24. The first-order valence-corrected chi connectivity index (χ1v) is 18.4. The van der Waals surface area contributed by atoms with Gasteiger partial charge in [0.25, 0.3) is 5.70 Å². The lowest BCUT2D eigenvalue weighted by Crippen LogP contribution is -2.32. The third-order valence-corrected chi connectivity index (χ3v) is 10.8. The van der Waals surface area contributed by atoms with Crippen LogP contribution in [-0.4, -0.2) is 45.3 Å². The molecule has 0 saturated carbocycles. The Bertz CT molecular complexity index is 2150. The lowest BCUT2D eigenvalue weighted by Gasteiger charge is -2.29. The predicted molar refractivity (Wildman–Crippen MR) is 209 cm³/mol. The lowest BCUT2D eigenvalue weighted by molar-refractivity contribution is -0.437. The summed E-state index contributed by atoms with van der Waals surface area (Å²) in [6, 6.07) is 22.3. The second-order valence-electron chi connectivity index (χ2n) is 15.0. The first kappa shape index (κ1) is 36.3. The van der Waals surface area contributed by atoms with E-state index in [1.54, 1.807) is 0 Å². The van der Waals surface area contributed by atoms with Crippen molar-refractivity contribution in [1.82, 2.24) is 0 Å². The molecule has 7 nitrogen and oxygen atoms in total. The smallest absolute Gasteiger partial charge is 0.333 e. The van der Waals surface area contributed by atoms with Gasteiger partial charge in [-0.05, 0) is 66.8 Å². The lowest BCUT2D eigenvalue weighted by atomic mass is 9.77. The van der Waals surface area contributed by atoms with Gasteiger partial charge in [-0.2, -0.15) is 4.58 Å². The number of carboxylic acids is 1. The molecule has 0 fully saturated rings. The summed E-state index contributed by atoms with van der Waals surface area (Å²) >= 11 is 0. The first-order chi connectivity index (χ1) is 24.8. The molecule has 0 aromatic heterocycles. The third kappa shape index (κ3) is 6.32. The Kier molecular flexibility index (Phi) is 9.96. The number of aliphatic hydroxyl groups excluding tert-OH is 1. The normalized spacial score (nSPS) is 18.9. The van der Waals surface area contributed by atoms with Crippen LogP contribution in [0.4, 0.5) is 11.4 Å². The van der Waals surface area contributed by atoms with Gasteiger partial charge in [-0.1, -0.05) is 95.5 Å². The molecular weight excluding hydrogens is 647 g/mol. The molecule has 0 bridgehead atoms. The van der Waals surface area contributed by atoms with Crippen molar-refractivity contribution in [3.05, 3.63) is 135 Å². The maximum absolute atomic E-state index is 13.9. The van der Waals surface area contributed by atoms with E-state index in [0.29, 0.717) is 16.7 Å². The average Bonchev–Trinajstić information content (AvgIpc) is 3.48. The van der Waals surface area contributed by atoms with Crippen LogP contribution >= 0.6 is 0 Å². The molecule has 266 valence electrons. The summed E-state index contributed by atoms with van der Waals surface area (Å²) in [5, 5.41) is 20.8. The Morgan fingerprint density at radius 3 is 2.25 bits per heavy atom. The van der Waals surface area contributed by atoms with Crippen LogP contribution in [0.15, 0.2) is 107 Å². The number of allylic oxidation sites excluding steroid dienone is 5. The number of aliphatic hydroxyl groups is 1. The monoisotopic (exact) mass is 694 g/mol. The molecule has 0 unspecified atom stereocenters. The van der Waals surface area contributed by atoms with Crippen molar-refractivity contribution in [1.29, 1.82) is 0 Å². The van der Waals surface area contributed by atoms with Crippen molar-refractivity contribution in [2.24, 2.45) is 0 Å². The number of unbranched alkanes of at least 4 members (excludes halogenated alkanes) is 3. The molecule has 7 heteroatoms. The Labute approximate surface area is 307 Å². The maximum Gasteiger partial charge on any atom is 0.333 e. The number of Topliss-reactive ketones (excluding diaryl/α,β-unsaturated/α-hetero) is 1. The fourth-order valence-corrected chi connectivity index (χ4v) is 7.87. The van der Waals surface area contributed by atoms with Gasteiger partial charge in [0.1, 0.15) is 12.3 Å². The quantitative estimate of drug-likeness (QED) is 0.0853. The summed E-state index contributed by atoms with van der Waals surface area (Å²) in [5.74, 6) is -1.34. The molecule has 2 aliphatic heterocycles. The van der Waals surface area contributed by atoms with Crippen LogP contribution in [0.2, 0.25) is 0 Å². The number of ketones is 1. The number of fused-ring (bicyclic) bond motifs is 2. The van der Waals surface area contributed by atoms with Crippen molar-refractivity contribution in [2.45, 2.75) is 84.5 Å². The molecule has 3 aromatic carbocycles. The number of benzene rings is 3. The summed E-state index contributed by atoms with van der Waals surface area (Å²) in [5.41, 5.74) is 8.85. The van der Waals surface area contributed by atoms with E-state index in [2.05, 4.69) is 92.3 Å². The van der Waals surface area contributed by atoms with E-state index < -0.39 is 11.4 Å². The average molecular weight is 695 g/mol. The molecule has 52 heavy (non-hydrogen) atoms. The molecule has 0 saturated heterocycles. The van der Waals surface area contributed by atoms with Crippen LogP contribution in [0.5, 0.6) is 0 Å². The number of anilines is 1. The molecule has 0 atom stereocenters. The van der Waals surface area contributed by atoms with Gasteiger partial charge in [0.2, 0.25) is 11.5 Å². The van der Waals surface area contributed by atoms with Gasteiger partial charge in [0, 0.05) is 47.5 Å². The number of hydrogen-bond acceptors (Lipinski definition) is 4. The summed E-state index contributed by atoms with van der Waals surface area (Å²) in [4.78, 5) is 30.7. The molecule has 0 radical (unpaired) electrons. The van der Waals surface area contributed by atoms with Gasteiger partial charge in [0.05, 0.1) is 23.1 Å². The first-order valence-electron chi connectivity index (χ1n) is 18.4. The van der Waals surface area contributed by atoms with Crippen molar-refractivity contribution >= 4 is 34.9 Å². The summed E-state index contributed by atoms with van der Waals surface area (Å²) < 4.78 is 2.29. The summed E-state index contributed by atoms with van der Waals surface area (Å²) in [6.07, 6.45) is 10.6. The van der Waals surface area contributed by atoms with E-state index in [-0.39, 0.29) is 22.7 Å². The Morgan fingerprint density at radius 2 is 1.60 bits per heavy atom. The van der Waals surface area contributed by atoms with Crippen molar-refractivity contribution < 1.29 is 24.4 Å². The summed E-state index contributed by atoms with van der Waals surface area (Å²) in [7, 11) is 0. The van der Waals surface area contributed by atoms with Crippen LogP contribution in [0.25, 0.3) is 22.0 Å². The van der Waals surface area contributed by atoms with Crippen LogP contribution in [-0.2, 0) is 20.4 Å². The van der Waals surface area contributed by atoms with E-state index in [9.17, 15) is 19.8 Å². The number of hydrogen-bond donors (Lipinski definition) is 2. The minimum absolute atomic E-state index is 0.0463. The SMILES string of the molecule is [C-]#[N+]/C(=C\c1ccc(-c2ccc3c(c2)C(C)(C)C(=CC2=C(O)C(=CC4=[N+](CCC)c5ccccc5C4(C)C)C2=O)N3CCCCCC)cc1)C(=O)O. The minimum atomic E-state index is -1.25. The van der Waals surface area contributed by atoms with Crippen LogP contribution < -0.4 is 4.90 Å². The van der Waals surface area contributed by atoms with Gasteiger partial charge < -0.3 is 15.1 Å². The molecule has 3 aliphatic rings. The van der Waals surface area contributed by atoms with Crippen LogP contribution in [0, 0.1) is 6.57 Å². The maximum atomic E-state index is 13.9. The van der Waals surface area contributed by atoms with Crippen molar-refractivity contribution in [2.75, 3.05) is 18.0 Å². The third-order valence-electron chi connectivity index (χ3n) is 10.8. The van der Waals surface area contributed by atoms with Gasteiger partial charge >= 0.3 is 5.97 Å². The van der Waals surface area contributed by atoms with Gasteiger partial charge in [-0.3, -0.25) is 9.59 Å². The molecule has 1 aliphatic carbocycles. The van der Waals surface area contributed by atoms with E-state index in [1.165, 1.54) is 11.6 Å². The topological polar surface area (TPSA) is 85.2 Å². The second kappa shape index (κ2) is 14.3. The molecule has 2 heterocycles. The van der Waals surface area contributed by atoms with Gasteiger partial charge in [-0.15, -0.1) is 0 Å². The highest BCUT2D eigenvalue weighted by Gasteiger charge is 2.47. The highest BCUT2D eigenvalue weighted by Crippen LogP contribution is 2.50. The Morgan fingerprint density at radius 1 is 0.885 bits per heavy atom. The van der Waals surface area contributed by atoms with E-state index in [1.807, 2.05) is 42.5 Å². The standard InChI is InChI=1S/C45H47N3O4/c1-8-10-11-14-24-48-38-22-21-31(30-19-17-29(18-20-30)25-36(46-7)43(51)52)26-35(38)45(5,6)40(48)28-33-41(49)32(42(33)50)27-39-44(3,4)34-15-12-13-16-37(34)47(39)23-9-2/h12-13,15-22,25-28H,8-11,14,23-24H2,1-6H3,(H-,49,50,51,52)/p+1/b36-25-. The highest BCUT2D eigenvalue weighted by atomic mass is 16.4. The molecule has 6 rings (SSSR count). The zero-order valence-electron chi connectivity index (χ0n) is 31.1. The number of aliphatic carboxylic acids is 1. The Balaban J connectivity index is 1.37. The zero-order chi connectivity index (χ0) is 37.4. The predicted octanol–water partition coefficient (Wildman–Crippen LogP) is 10.1. The van der Waals surface area contributed by atoms with Crippen molar-refractivity contribution in [3.63, 3.8) is 0 Å². The zero-order valence-corrected chi connectivity index (χ0v) is 31.1. The van der Waals surface area contributed by atoms with E-state index >= 15 is 0 Å². The largest absolute Gasteiger partial charge is 0.506 e. The fourth-order valence-electron chi connectivity index (χ4n) is 7.87. The second-order valence-corrected chi connectivity index (χ2v) is 15.0. The number of para-hydroxylation sites is 1. The van der Waals surface area contributed by atoms with Gasteiger partial charge in [0.15, 0.2) is 5.71 Å².